The van der Waals surface area contributed by atoms with E-state index in [4.69, 9.17) is 4.98 Å². The van der Waals surface area contributed by atoms with Crippen LogP contribution in [0.1, 0.15) is 42.1 Å². The Morgan fingerprint density at radius 3 is 2.62 bits per heavy atom. The van der Waals surface area contributed by atoms with Crippen molar-refractivity contribution in [2.75, 3.05) is 25.5 Å². The van der Waals surface area contributed by atoms with Gasteiger partial charge in [-0.25, -0.2) is 15.0 Å². The number of aromatic nitrogens is 3. The first-order valence-corrected chi connectivity index (χ1v) is 10.2. The molecule has 0 radical (unpaired) electrons. The van der Waals surface area contributed by atoms with Gasteiger partial charge >= 0.3 is 0 Å². The quantitative estimate of drug-likeness (QED) is 0.675. The minimum absolute atomic E-state index is 0.0854. The zero-order chi connectivity index (χ0) is 20.5. The highest BCUT2D eigenvalue weighted by Gasteiger charge is 2.26. The number of amides is 1. The van der Waals surface area contributed by atoms with Crippen LogP contribution in [0.4, 0.5) is 5.95 Å². The summed E-state index contributed by atoms with van der Waals surface area (Å²) in [5, 5.41) is 0.905. The number of anilines is 1. The molecule has 0 saturated carbocycles. The predicted octanol–water partition coefficient (Wildman–Crippen LogP) is 4.08. The normalized spacial score (nSPS) is 16.8. The molecule has 1 aliphatic heterocycles. The van der Waals surface area contributed by atoms with Crippen molar-refractivity contribution in [1.82, 2.24) is 19.9 Å². The number of para-hydroxylation sites is 1. The SMILES string of the molecule is Cc1cccc2c(C(=O)N3CCCC[C@H]3C)cc(-c3cnc(N(C)C)nc3)nc12. The third kappa shape index (κ3) is 3.67. The maximum absolute atomic E-state index is 13.5. The van der Waals surface area contributed by atoms with E-state index in [-0.39, 0.29) is 11.9 Å². The molecule has 0 bridgehead atoms. The molecule has 1 amide bonds. The van der Waals surface area contributed by atoms with E-state index in [1.807, 2.05) is 55.1 Å². The van der Waals surface area contributed by atoms with Crippen molar-refractivity contribution in [2.45, 2.75) is 39.2 Å². The molecule has 29 heavy (non-hydrogen) atoms. The third-order valence-corrected chi connectivity index (χ3v) is 5.67. The fourth-order valence-corrected chi connectivity index (χ4v) is 3.96. The Hall–Kier alpha value is -3.02. The summed E-state index contributed by atoms with van der Waals surface area (Å²) in [6.07, 6.45) is 6.84. The van der Waals surface area contributed by atoms with Crippen molar-refractivity contribution in [3.8, 4) is 11.3 Å². The smallest absolute Gasteiger partial charge is 0.254 e. The summed E-state index contributed by atoms with van der Waals surface area (Å²) in [7, 11) is 3.81. The molecule has 1 saturated heterocycles. The third-order valence-electron chi connectivity index (χ3n) is 5.67. The van der Waals surface area contributed by atoms with E-state index >= 15 is 0 Å². The van der Waals surface area contributed by atoms with Crippen LogP contribution in [0, 0.1) is 6.92 Å². The lowest BCUT2D eigenvalue weighted by Gasteiger charge is -2.33. The maximum atomic E-state index is 13.5. The molecule has 3 heterocycles. The first kappa shape index (κ1) is 19.3. The molecular formula is C23H27N5O. The predicted molar refractivity (Wildman–Crippen MR) is 116 cm³/mol. The van der Waals surface area contributed by atoms with Crippen LogP contribution >= 0.6 is 0 Å². The van der Waals surface area contributed by atoms with Crippen molar-refractivity contribution in [3.63, 3.8) is 0 Å². The molecule has 0 N–H and O–H groups in total. The monoisotopic (exact) mass is 389 g/mol. The van der Waals surface area contributed by atoms with Crippen LogP contribution in [0.3, 0.4) is 0 Å². The first-order valence-electron chi connectivity index (χ1n) is 10.2. The highest BCUT2D eigenvalue weighted by molar-refractivity contribution is 6.07. The summed E-state index contributed by atoms with van der Waals surface area (Å²) in [6.45, 7) is 4.98. The zero-order valence-corrected chi connectivity index (χ0v) is 17.5. The van der Waals surface area contributed by atoms with Crippen LogP contribution in [-0.4, -0.2) is 52.4 Å². The molecule has 150 valence electrons. The Morgan fingerprint density at radius 1 is 1.17 bits per heavy atom. The van der Waals surface area contributed by atoms with E-state index < -0.39 is 0 Å². The fourth-order valence-electron chi connectivity index (χ4n) is 3.96. The van der Waals surface area contributed by atoms with Crippen molar-refractivity contribution < 1.29 is 4.79 Å². The molecule has 0 unspecified atom stereocenters. The van der Waals surface area contributed by atoms with Crippen molar-refractivity contribution >= 4 is 22.8 Å². The fraction of sp³-hybridized carbons (Fsp3) is 0.391. The van der Waals surface area contributed by atoms with Gasteiger partial charge in [-0.05, 0) is 44.7 Å². The lowest BCUT2D eigenvalue weighted by Crippen LogP contribution is -2.42. The second kappa shape index (κ2) is 7.78. The van der Waals surface area contributed by atoms with Gasteiger partial charge in [-0.1, -0.05) is 18.2 Å². The first-order chi connectivity index (χ1) is 14.0. The molecular weight excluding hydrogens is 362 g/mol. The lowest BCUT2D eigenvalue weighted by molar-refractivity contribution is 0.0637. The topological polar surface area (TPSA) is 62.2 Å². The van der Waals surface area contributed by atoms with E-state index in [0.717, 1.165) is 47.1 Å². The van der Waals surface area contributed by atoms with Gasteiger partial charge in [0.25, 0.3) is 5.91 Å². The lowest BCUT2D eigenvalue weighted by atomic mass is 9.98. The van der Waals surface area contributed by atoms with Crippen LogP contribution in [0.2, 0.25) is 0 Å². The van der Waals surface area contributed by atoms with Gasteiger partial charge in [0.05, 0.1) is 16.8 Å². The molecule has 0 spiro atoms. The molecule has 1 aromatic carbocycles. The van der Waals surface area contributed by atoms with Crippen LogP contribution in [0.25, 0.3) is 22.2 Å². The van der Waals surface area contributed by atoms with Gasteiger partial charge in [0.2, 0.25) is 5.95 Å². The summed E-state index contributed by atoms with van der Waals surface area (Å²) >= 11 is 0. The number of aryl methyl sites for hydroxylation is 1. The van der Waals surface area contributed by atoms with Gasteiger partial charge in [0, 0.05) is 50.0 Å². The zero-order valence-electron chi connectivity index (χ0n) is 17.5. The summed E-state index contributed by atoms with van der Waals surface area (Å²) in [4.78, 5) is 31.1. The molecule has 0 aliphatic carbocycles. The molecule has 3 aromatic rings. The number of carbonyl (C=O) groups excluding carboxylic acids is 1. The van der Waals surface area contributed by atoms with Gasteiger partial charge in [0.15, 0.2) is 0 Å². The van der Waals surface area contributed by atoms with E-state index in [1.54, 1.807) is 12.4 Å². The van der Waals surface area contributed by atoms with Crippen molar-refractivity contribution in [3.05, 3.63) is 47.8 Å². The number of rotatable bonds is 3. The Labute approximate surface area is 171 Å². The van der Waals surface area contributed by atoms with Crippen LogP contribution in [-0.2, 0) is 0 Å². The largest absolute Gasteiger partial charge is 0.347 e. The number of pyridine rings is 1. The summed E-state index contributed by atoms with van der Waals surface area (Å²) in [5.41, 5.74) is 4.15. The van der Waals surface area contributed by atoms with E-state index in [1.165, 1.54) is 6.42 Å². The number of hydrogen-bond donors (Lipinski definition) is 0. The van der Waals surface area contributed by atoms with Gasteiger partial charge in [-0.3, -0.25) is 4.79 Å². The Morgan fingerprint density at radius 2 is 1.93 bits per heavy atom. The van der Waals surface area contributed by atoms with Crippen LogP contribution in [0.15, 0.2) is 36.7 Å². The minimum atomic E-state index is 0.0854. The van der Waals surface area contributed by atoms with Crippen molar-refractivity contribution in [1.29, 1.82) is 0 Å². The number of nitrogens with zero attached hydrogens (tertiary/aromatic N) is 5. The van der Waals surface area contributed by atoms with E-state index in [9.17, 15) is 4.79 Å². The van der Waals surface area contributed by atoms with E-state index in [2.05, 4.69) is 16.9 Å². The minimum Gasteiger partial charge on any atom is -0.347 e. The van der Waals surface area contributed by atoms with Crippen LogP contribution < -0.4 is 4.90 Å². The molecule has 1 fully saturated rings. The summed E-state index contributed by atoms with van der Waals surface area (Å²) in [6, 6.07) is 8.18. The Balaban J connectivity index is 1.85. The Kier molecular flexibility index (Phi) is 5.18. The summed E-state index contributed by atoms with van der Waals surface area (Å²) < 4.78 is 0. The Bertz CT molecular complexity index is 1050. The molecule has 4 rings (SSSR count). The number of benzene rings is 1. The number of likely N-dealkylation sites (tertiary alicyclic amines) is 1. The van der Waals surface area contributed by atoms with Crippen LogP contribution in [0.5, 0.6) is 0 Å². The molecule has 1 aliphatic rings. The molecule has 6 heteroatoms. The van der Waals surface area contributed by atoms with Gasteiger partial charge < -0.3 is 9.80 Å². The number of piperidine rings is 1. The average Bonchev–Trinajstić information content (AvgIpc) is 2.73. The molecule has 6 nitrogen and oxygen atoms in total. The number of fused-ring (bicyclic) bond motifs is 1. The van der Waals surface area contributed by atoms with Gasteiger partial charge in [-0.2, -0.15) is 0 Å². The van der Waals surface area contributed by atoms with Gasteiger partial charge in [-0.15, -0.1) is 0 Å². The summed E-state index contributed by atoms with van der Waals surface area (Å²) in [5.74, 6) is 0.728. The average molecular weight is 390 g/mol. The molecule has 1 atom stereocenters. The highest BCUT2D eigenvalue weighted by atomic mass is 16.2. The molecule has 2 aromatic heterocycles. The van der Waals surface area contributed by atoms with E-state index in [0.29, 0.717) is 11.5 Å². The number of hydrogen-bond acceptors (Lipinski definition) is 5. The number of carbonyl (C=O) groups is 1. The van der Waals surface area contributed by atoms with Crippen molar-refractivity contribution in [2.24, 2.45) is 0 Å². The maximum Gasteiger partial charge on any atom is 0.254 e. The van der Waals surface area contributed by atoms with Gasteiger partial charge in [0.1, 0.15) is 0 Å². The second-order valence-electron chi connectivity index (χ2n) is 8.04. The highest BCUT2D eigenvalue weighted by Crippen LogP contribution is 2.29. The standard InChI is InChI=1S/C23H27N5O/c1-15-8-7-10-18-19(22(29)28-11-6-5-9-16(28)2)12-20(26-21(15)18)17-13-24-23(25-14-17)27(3)4/h7-8,10,12-14,16H,5-6,9,11H2,1-4H3/t16-/m1/s1. The second-order valence-corrected chi connectivity index (χ2v) is 8.04.